The van der Waals surface area contributed by atoms with Crippen LogP contribution in [0, 0.1) is 0 Å². The molecule has 1 aliphatic rings. The van der Waals surface area contributed by atoms with E-state index < -0.39 is 0 Å². The van der Waals surface area contributed by atoms with Crippen LogP contribution < -0.4 is 5.32 Å². The van der Waals surface area contributed by atoms with Gasteiger partial charge in [0, 0.05) is 42.8 Å². The van der Waals surface area contributed by atoms with E-state index in [1.165, 1.54) is 13.0 Å². The normalized spacial score (nSPS) is 13.1. The monoisotopic (exact) mass is 427 g/mol. The molecule has 3 N–H and O–H groups in total. The van der Waals surface area contributed by atoms with Crippen LogP contribution in [0.2, 0.25) is 5.02 Å². The van der Waals surface area contributed by atoms with Crippen LogP contribution in [0.1, 0.15) is 28.5 Å². The summed E-state index contributed by atoms with van der Waals surface area (Å²) >= 11 is 5.98. The summed E-state index contributed by atoms with van der Waals surface area (Å²) in [6, 6.07) is 9.19. The molecule has 0 atom stereocenters. The maximum Gasteiger partial charge on any atom is 0.254 e. The highest BCUT2D eigenvalue weighted by Crippen LogP contribution is 2.40. The Bertz CT molecular complexity index is 1140. The van der Waals surface area contributed by atoms with Gasteiger partial charge in [-0.2, -0.15) is 0 Å². The Morgan fingerprint density at radius 1 is 1.17 bits per heavy atom. The molecular formula is C21H18ClN3O5. The van der Waals surface area contributed by atoms with Crippen LogP contribution in [0.15, 0.2) is 40.9 Å². The zero-order valence-electron chi connectivity index (χ0n) is 16.0. The summed E-state index contributed by atoms with van der Waals surface area (Å²) in [7, 11) is 0. The maximum absolute atomic E-state index is 13.0. The van der Waals surface area contributed by atoms with Gasteiger partial charge >= 0.3 is 0 Å². The van der Waals surface area contributed by atoms with Gasteiger partial charge in [0.15, 0.2) is 5.76 Å². The van der Waals surface area contributed by atoms with E-state index in [9.17, 15) is 19.8 Å². The first kappa shape index (κ1) is 19.8. The van der Waals surface area contributed by atoms with Crippen molar-refractivity contribution in [2.24, 2.45) is 0 Å². The second-order valence-corrected chi connectivity index (χ2v) is 7.40. The standard InChI is InChI=1S/C21H18ClN3O5/c1-11(26)23-13-4-2-12(3-5-13)21(29)25-7-6-17-15(10-25)20(30-24-17)14-8-16(22)19(28)9-18(14)27/h2-5,8-9,27-28H,6-7,10H2,1H3,(H,23,26). The summed E-state index contributed by atoms with van der Waals surface area (Å²) in [5, 5.41) is 26.7. The van der Waals surface area contributed by atoms with Gasteiger partial charge in [0.2, 0.25) is 5.91 Å². The molecule has 0 saturated carbocycles. The molecule has 2 heterocycles. The molecule has 0 radical (unpaired) electrons. The maximum atomic E-state index is 13.0. The molecule has 30 heavy (non-hydrogen) atoms. The Hall–Kier alpha value is -3.52. The number of carbonyl (C=O) groups excluding carboxylic acids is 2. The number of nitrogens with zero attached hydrogens (tertiary/aromatic N) is 2. The molecule has 154 valence electrons. The smallest absolute Gasteiger partial charge is 0.254 e. The Morgan fingerprint density at radius 3 is 2.60 bits per heavy atom. The lowest BCUT2D eigenvalue weighted by Gasteiger charge is -2.26. The Labute approximate surface area is 176 Å². The van der Waals surface area contributed by atoms with Crippen molar-refractivity contribution < 1.29 is 24.3 Å². The number of nitrogens with one attached hydrogen (secondary N) is 1. The number of hydrogen-bond donors (Lipinski definition) is 3. The van der Waals surface area contributed by atoms with Gasteiger partial charge in [0.05, 0.1) is 22.8 Å². The Morgan fingerprint density at radius 2 is 1.90 bits per heavy atom. The number of aromatic nitrogens is 1. The highest BCUT2D eigenvalue weighted by atomic mass is 35.5. The summed E-state index contributed by atoms with van der Waals surface area (Å²) in [6.07, 6.45) is 0.501. The van der Waals surface area contributed by atoms with Gasteiger partial charge in [-0.25, -0.2) is 0 Å². The molecule has 0 aliphatic carbocycles. The van der Waals surface area contributed by atoms with Crippen molar-refractivity contribution in [3.8, 4) is 22.8 Å². The molecule has 0 bridgehead atoms. The number of rotatable bonds is 3. The number of phenolic OH excluding ortho intramolecular Hbond substituents is 2. The van der Waals surface area contributed by atoms with Crippen molar-refractivity contribution in [3.63, 3.8) is 0 Å². The molecule has 8 nitrogen and oxygen atoms in total. The fraction of sp³-hybridized carbons (Fsp3) is 0.190. The number of carbonyl (C=O) groups is 2. The molecule has 0 spiro atoms. The number of aromatic hydroxyl groups is 2. The predicted molar refractivity (Wildman–Crippen MR) is 109 cm³/mol. The number of anilines is 1. The number of hydrogen-bond acceptors (Lipinski definition) is 6. The second kappa shape index (κ2) is 7.72. The van der Waals surface area contributed by atoms with E-state index >= 15 is 0 Å². The van der Waals surface area contributed by atoms with E-state index in [0.29, 0.717) is 46.8 Å². The molecular weight excluding hydrogens is 410 g/mol. The molecule has 1 aromatic heterocycles. The van der Waals surface area contributed by atoms with Crippen LogP contribution in [0.4, 0.5) is 5.69 Å². The predicted octanol–water partition coefficient (Wildman–Crippen LogP) is 3.56. The van der Waals surface area contributed by atoms with Gasteiger partial charge in [-0.3, -0.25) is 9.59 Å². The minimum absolute atomic E-state index is 0.0657. The van der Waals surface area contributed by atoms with E-state index in [0.717, 1.165) is 6.07 Å². The van der Waals surface area contributed by atoms with Crippen LogP contribution in [0.3, 0.4) is 0 Å². The topological polar surface area (TPSA) is 116 Å². The van der Waals surface area contributed by atoms with Gasteiger partial charge in [-0.1, -0.05) is 16.8 Å². The molecule has 0 fully saturated rings. The van der Waals surface area contributed by atoms with Crippen LogP contribution >= 0.6 is 11.6 Å². The van der Waals surface area contributed by atoms with Gasteiger partial charge < -0.3 is 25.0 Å². The summed E-state index contributed by atoms with van der Waals surface area (Å²) in [5.74, 6) is -0.494. The molecule has 3 aromatic rings. The SMILES string of the molecule is CC(=O)Nc1ccc(C(=O)N2CCc3noc(-c4cc(Cl)c(O)cc4O)c3C2)cc1. The van der Waals surface area contributed by atoms with E-state index in [2.05, 4.69) is 10.5 Å². The molecule has 2 amide bonds. The third-order valence-electron chi connectivity index (χ3n) is 4.89. The number of benzene rings is 2. The van der Waals surface area contributed by atoms with Crippen molar-refractivity contribution in [1.29, 1.82) is 0 Å². The molecule has 2 aromatic carbocycles. The zero-order chi connectivity index (χ0) is 21.4. The third kappa shape index (κ3) is 3.69. The van der Waals surface area contributed by atoms with Crippen LogP contribution in [0.25, 0.3) is 11.3 Å². The van der Waals surface area contributed by atoms with Crippen molar-refractivity contribution in [3.05, 3.63) is 58.2 Å². The van der Waals surface area contributed by atoms with Gasteiger partial charge in [0.25, 0.3) is 5.91 Å². The summed E-state index contributed by atoms with van der Waals surface area (Å²) in [6.45, 7) is 2.13. The first-order chi connectivity index (χ1) is 14.3. The highest BCUT2D eigenvalue weighted by Gasteiger charge is 2.29. The van der Waals surface area contributed by atoms with Crippen LogP contribution in [-0.2, 0) is 17.8 Å². The first-order valence-corrected chi connectivity index (χ1v) is 9.57. The molecule has 0 saturated heterocycles. The van der Waals surface area contributed by atoms with Gasteiger partial charge in [0.1, 0.15) is 11.5 Å². The lowest BCUT2D eigenvalue weighted by molar-refractivity contribution is -0.114. The lowest BCUT2D eigenvalue weighted by atomic mass is 10.00. The number of phenols is 2. The second-order valence-electron chi connectivity index (χ2n) is 6.99. The number of amides is 2. The van der Waals surface area contributed by atoms with Crippen LogP contribution in [-0.4, -0.2) is 38.6 Å². The summed E-state index contributed by atoms with van der Waals surface area (Å²) < 4.78 is 5.44. The van der Waals surface area contributed by atoms with Crippen molar-refractivity contribution in [2.45, 2.75) is 19.9 Å². The van der Waals surface area contributed by atoms with E-state index in [-0.39, 0.29) is 34.9 Å². The summed E-state index contributed by atoms with van der Waals surface area (Å²) in [5.41, 5.74) is 2.78. The molecule has 1 aliphatic heterocycles. The fourth-order valence-electron chi connectivity index (χ4n) is 3.41. The van der Waals surface area contributed by atoms with Gasteiger partial charge in [-0.15, -0.1) is 0 Å². The molecule has 9 heteroatoms. The first-order valence-electron chi connectivity index (χ1n) is 9.19. The van der Waals surface area contributed by atoms with Gasteiger partial charge in [-0.05, 0) is 30.3 Å². The van der Waals surface area contributed by atoms with E-state index in [1.54, 1.807) is 29.2 Å². The zero-order valence-corrected chi connectivity index (χ0v) is 16.7. The quantitative estimate of drug-likeness (QED) is 0.588. The minimum Gasteiger partial charge on any atom is -0.507 e. The largest absolute Gasteiger partial charge is 0.507 e. The molecule has 0 unspecified atom stereocenters. The Balaban J connectivity index is 1.59. The summed E-state index contributed by atoms with van der Waals surface area (Å²) in [4.78, 5) is 25.8. The number of halogens is 1. The van der Waals surface area contributed by atoms with Crippen molar-refractivity contribution >= 4 is 29.1 Å². The van der Waals surface area contributed by atoms with E-state index in [1.807, 2.05) is 0 Å². The van der Waals surface area contributed by atoms with Crippen molar-refractivity contribution in [2.75, 3.05) is 11.9 Å². The highest BCUT2D eigenvalue weighted by molar-refractivity contribution is 6.32. The van der Waals surface area contributed by atoms with Crippen molar-refractivity contribution in [1.82, 2.24) is 10.1 Å². The molecule has 4 rings (SSSR count). The van der Waals surface area contributed by atoms with E-state index in [4.69, 9.17) is 16.1 Å². The fourth-order valence-corrected chi connectivity index (χ4v) is 3.58. The Kier molecular flexibility index (Phi) is 5.09. The third-order valence-corrected chi connectivity index (χ3v) is 5.19. The lowest BCUT2D eigenvalue weighted by Crippen LogP contribution is -2.35. The average molecular weight is 428 g/mol. The van der Waals surface area contributed by atoms with Crippen LogP contribution in [0.5, 0.6) is 11.5 Å². The number of fused-ring (bicyclic) bond motifs is 1. The minimum atomic E-state index is -0.245. The average Bonchev–Trinajstić information content (AvgIpc) is 3.13.